The fourth-order valence-corrected chi connectivity index (χ4v) is 8.02. The molecular weight excluding hydrogens is 288 g/mol. The Hall–Kier alpha value is -0.520. The van der Waals surface area contributed by atoms with Gasteiger partial charge in [-0.2, -0.15) is 0 Å². The second kappa shape index (κ2) is 5.24. The largest absolute Gasteiger partial charge is 0.0622 e. The Morgan fingerprint density at radius 3 is 1.83 bits per heavy atom. The van der Waals surface area contributed by atoms with E-state index in [1.807, 2.05) is 16.7 Å². The zero-order chi connectivity index (χ0) is 16.6. The van der Waals surface area contributed by atoms with Crippen molar-refractivity contribution >= 4 is 0 Å². The molecule has 0 spiro atoms. The summed E-state index contributed by atoms with van der Waals surface area (Å²) >= 11 is 0. The summed E-state index contributed by atoms with van der Waals surface area (Å²) in [5, 5.41) is 0. The first-order valence-electron chi connectivity index (χ1n) is 10.9. The van der Waals surface area contributed by atoms with Crippen LogP contribution in [0.5, 0.6) is 0 Å². The maximum Gasteiger partial charge on any atom is -0.00737 e. The van der Waals surface area contributed by atoms with Crippen molar-refractivity contribution in [2.45, 2.75) is 79.1 Å². The molecule has 2 unspecified atom stereocenters. The molecule has 2 atom stereocenters. The monoisotopic (exact) mass is 324 g/mol. The lowest BCUT2D eigenvalue weighted by Gasteiger charge is -2.57. The normalized spacial score (nSPS) is 46.4. The predicted molar refractivity (Wildman–Crippen MR) is 102 cm³/mol. The first-order valence-corrected chi connectivity index (χ1v) is 10.9. The molecule has 0 nitrogen and oxygen atoms in total. The quantitative estimate of drug-likeness (QED) is 0.537. The summed E-state index contributed by atoms with van der Waals surface area (Å²) < 4.78 is 0. The van der Waals surface area contributed by atoms with Gasteiger partial charge in [0.25, 0.3) is 0 Å². The van der Waals surface area contributed by atoms with Crippen molar-refractivity contribution in [2.75, 3.05) is 0 Å². The van der Waals surface area contributed by atoms with E-state index < -0.39 is 0 Å². The van der Waals surface area contributed by atoms with Crippen molar-refractivity contribution in [1.29, 1.82) is 0 Å². The topological polar surface area (TPSA) is 0 Å². The number of allylic oxidation sites excluding steroid dienone is 4. The van der Waals surface area contributed by atoms with Crippen molar-refractivity contribution in [3.05, 3.63) is 22.8 Å². The molecule has 0 aromatic rings. The minimum Gasteiger partial charge on any atom is -0.0622 e. The van der Waals surface area contributed by atoms with E-state index in [0.29, 0.717) is 5.41 Å². The van der Waals surface area contributed by atoms with Crippen LogP contribution in [0.2, 0.25) is 0 Å². The third-order valence-electron chi connectivity index (χ3n) is 8.77. The summed E-state index contributed by atoms with van der Waals surface area (Å²) in [5.74, 6) is 6.58. The molecule has 6 aliphatic carbocycles. The molecule has 0 aromatic carbocycles. The Morgan fingerprint density at radius 2 is 1.33 bits per heavy atom. The maximum absolute atomic E-state index is 2.77. The summed E-state index contributed by atoms with van der Waals surface area (Å²) in [6, 6.07) is 0. The first kappa shape index (κ1) is 15.7. The Bertz CT molecular complexity index is 564. The van der Waals surface area contributed by atoms with E-state index in [-0.39, 0.29) is 0 Å². The first-order chi connectivity index (χ1) is 11.4. The smallest absolute Gasteiger partial charge is 0.00737 e. The Labute approximate surface area is 149 Å². The van der Waals surface area contributed by atoms with Gasteiger partial charge >= 0.3 is 0 Å². The minimum atomic E-state index is 0.641. The van der Waals surface area contributed by atoms with Crippen LogP contribution in [0.25, 0.3) is 0 Å². The van der Waals surface area contributed by atoms with E-state index in [0.717, 1.165) is 41.4 Å². The van der Waals surface area contributed by atoms with Gasteiger partial charge in [-0.1, -0.05) is 44.9 Å². The third-order valence-corrected chi connectivity index (χ3v) is 8.77. The Kier molecular flexibility index (Phi) is 3.43. The van der Waals surface area contributed by atoms with E-state index in [4.69, 9.17) is 0 Å². The van der Waals surface area contributed by atoms with E-state index in [1.54, 1.807) is 38.5 Å². The van der Waals surface area contributed by atoms with Crippen LogP contribution in [0, 0.1) is 46.8 Å². The summed E-state index contributed by atoms with van der Waals surface area (Å²) in [4.78, 5) is 0. The molecule has 0 aliphatic heterocycles. The average molecular weight is 325 g/mol. The molecule has 24 heavy (non-hydrogen) atoms. The van der Waals surface area contributed by atoms with Crippen LogP contribution >= 0.6 is 0 Å². The SMILES string of the molecule is CC(C)C1CC(C(C)C)C2=C1C=C(C13CC4CC(CC(C4)C1)C3)C2. The van der Waals surface area contributed by atoms with Gasteiger partial charge in [0.05, 0.1) is 0 Å². The molecule has 0 saturated heterocycles. The van der Waals surface area contributed by atoms with Gasteiger partial charge in [-0.05, 0) is 104 Å². The summed E-state index contributed by atoms with van der Waals surface area (Å²) in [6.45, 7) is 9.82. The van der Waals surface area contributed by atoms with Crippen LogP contribution in [-0.2, 0) is 0 Å². The van der Waals surface area contributed by atoms with Crippen molar-refractivity contribution < 1.29 is 0 Å². The second-order valence-electron chi connectivity index (χ2n) is 11.0. The molecule has 6 rings (SSSR count). The standard InChI is InChI=1S/C24H36/c1-14(2)20-10-21(15(3)4)23-9-19(8-22(20)23)24-11-16-5-17(12-24)7-18(6-16)13-24/h8,14-18,20-21H,5-7,9-13H2,1-4H3. The molecule has 132 valence electrons. The van der Waals surface area contributed by atoms with Crippen molar-refractivity contribution in [2.24, 2.45) is 46.8 Å². The van der Waals surface area contributed by atoms with Gasteiger partial charge in [0.15, 0.2) is 0 Å². The molecule has 0 heterocycles. The second-order valence-corrected chi connectivity index (χ2v) is 11.0. The molecule has 0 radical (unpaired) electrons. The molecule has 0 heteroatoms. The van der Waals surface area contributed by atoms with E-state index in [9.17, 15) is 0 Å². The summed E-state index contributed by atoms with van der Waals surface area (Å²) in [6.07, 6.45) is 14.9. The van der Waals surface area contributed by atoms with Gasteiger partial charge in [-0.3, -0.25) is 0 Å². The fraction of sp³-hybridized carbons (Fsp3) is 0.833. The Balaban J connectivity index is 1.47. The molecule has 0 aromatic heterocycles. The van der Waals surface area contributed by atoms with Gasteiger partial charge in [0, 0.05) is 0 Å². The van der Waals surface area contributed by atoms with Crippen molar-refractivity contribution in [1.82, 2.24) is 0 Å². The highest BCUT2D eigenvalue weighted by Crippen LogP contribution is 2.65. The maximum atomic E-state index is 2.77. The van der Waals surface area contributed by atoms with Gasteiger partial charge in [-0.25, -0.2) is 0 Å². The number of hydrogen-bond donors (Lipinski definition) is 0. The Morgan fingerprint density at radius 1 is 0.792 bits per heavy atom. The summed E-state index contributed by atoms with van der Waals surface area (Å²) in [5.41, 5.74) is 6.24. The van der Waals surface area contributed by atoms with Gasteiger partial charge in [0.2, 0.25) is 0 Å². The number of rotatable bonds is 3. The van der Waals surface area contributed by atoms with Gasteiger partial charge in [-0.15, -0.1) is 0 Å². The molecule has 0 N–H and O–H groups in total. The third kappa shape index (κ3) is 2.17. The minimum absolute atomic E-state index is 0.641. The van der Waals surface area contributed by atoms with E-state index >= 15 is 0 Å². The van der Waals surface area contributed by atoms with E-state index in [1.165, 1.54) is 12.8 Å². The molecule has 0 amide bonds. The average Bonchev–Trinajstić information content (AvgIpc) is 3.03. The molecule has 6 aliphatic rings. The lowest BCUT2D eigenvalue weighted by Crippen LogP contribution is -2.46. The van der Waals surface area contributed by atoms with Gasteiger partial charge in [0.1, 0.15) is 0 Å². The van der Waals surface area contributed by atoms with E-state index in [2.05, 4.69) is 33.8 Å². The van der Waals surface area contributed by atoms with Crippen molar-refractivity contribution in [3.8, 4) is 0 Å². The highest BCUT2D eigenvalue weighted by Gasteiger charge is 2.53. The highest BCUT2D eigenvalue weighted by molar-refractivity contribution is 5.48. The van der Waals surface area contributed by atoms with Crippen molar-refractivity contribution in [3.63, 3.8) is 0 Å². The predicted octanol–water partition coefficient (Wildman–Crippen LogP) is 6.78. The summed E-state index contributed by atoms with van der Waals surface area (Å²) in [7, 11) is 0. The molecule has 4 saturated carbocycles. The lowest BCUT2D eigenvalue weighted by atomic mass is 9.47. The fourth-order valence-electron chi connectivity index (χ4n) is 8.02. The van der Waals surface area contributed by atoms with Crippen LogP contribution in [0.15, 0.2) is 22.8 Å². The number of hydrogen-bond acceptors (Lipinski definition) is 0. The zero-order valence-corrected chi connectivity index (χ0v) is 16.3. The van der Waals surface area contributed by atoms with Crippen LogP contribution in [0.3, 0.4) is 0 Å². The molecule has 4 fully saturated rings. The van der Waals surface area contributed by atoms with Gasteiger partial charge < -0.3 is 0 Å². The van der Waals surface area contributed by atoms with Crippen LogP contribution in [0.4, 0.5) is 0 Å². The zero-order valence-electron chi connectivity index (χ0n) is 16.3. The molecular formula is C24H36. The van der Waals surface area contributed by atoms with Crippen LogP contribution in [0.1, 0.15) is 79.1 Å². The van der Waals surface area contributed by atoms with Crippen LogP contribution < -0.4 is 0 Å². The molecule has 4 bridgehead atoms. The lowest BCUT2D eigenvalue weighted by molar-refractivity contribution is -0.0315. The van der Waals surface area contributed by atoms with Crippen LogP contribution in [-0.4, -0.2) is 0 Å². The highest BCUT2D eigenvalue weighted by atomic mass is 14.6.